The Labute approximate surface area is 108 Å². The van der Waals surface area contributed by atoms with E-state index in [-0.39, 0.29) is 0 Å². The Morgan fingerprint density at radius 1 is 1.41 bits per heavy atom. The van der Waals surface area contributed by atoms with Gasteiger partial charge in [0.05, 0.1) is 19.8 Å². The molecule has 2 aliphatic heterocycles. The fourth-order valence-electron chi connectivity index (χ4n) is 2.32. The first-order valence-corrected chi connectivity index (χ1v) is 7.52. The molecule has 4 nitrogen and oxygen atoms in total. The summed E-state index contributed by atoms with van der Waals surface area (Å²) in [6, 6.07) is 0. The molecule has 5 heteroatoms. The van der Waals surface area contributed by atoms with Gasteiger partial charge in [-0.3, -0.25) is 10.4 Å². The van der Waals surface area contributed by atoms with E-state index in [2.05, 4.69) is 29.3 Å². The molecule has 0 aromatic carbocycles. The number of aliphatic imine (C=N–C) groups is 1. The first-order valence-electron chi connectivity index (χ1n) is 6.64. The number of hydrazine groups is 1. The van der Waals surface area contributed by atoms with Crippen molar-refractivity contribution in [2.24, 2.45) is 10.9 Å². The molecule has 0 aromatic rings. The normalized spacial score (nSPS) is 26.3. The highest BCUT2D eigenvalue weighted by Crippen LogP contribution is 2.30. The van der Waals surface area contributed by atoms with E-state index in [1.165, 1.54) is 12.8 Å². The van der Waals surface area contributed by atoms with Gasteiger partial charge in [-0.05, 0) is 5.92 Å². The molecule has 0 radical (unpaired) electrons. The van der Waals surface area contributed by atoms with Crippen molar-refractivity contribution in [2.75, 3.05) is 32.8 Å². The number of nitrogens with zero attached hydrogens (tertiary/aromatic N) is 2. The molecule has 0 aliphatic carbocycles. The molecule has 0 aromatic heterocycles. The summed E-state index contributed by atoms with van der Waals surface area (Å²) in [7, 11) is 0. The lowest BCUT2D eigenvalue weighted by molar-refractivity contribution is 0.0254. The minimum absolute atomic E-state index is 0.675. The Kier molecular flexibility index (Phi) is 5.13. The second-order valence-corrected chi connectivity index (χ2v) is 5.82. The Balaban J connectivity index is 1.76. The third kappa shape index (κ3) is 3.60. The first kappa shape index (κ1) is 13.2. The number of hydrogen-bond acceptors (Lipinski definition) is 5. The molecule has 1 N–H and O–H groups in total. The van der Waals surface area contributed by atoms with Crippen molar-refractivity contribution in [2.45, 2.75) is 31.9 Å². The van der Waals surface area contributed by atoms with Gasteiger partial charge in [-0.15, -0.1) is 0 Å². The number of rotatable bonds is 4. The lowest BCUT2D eigenvalue weighted by Gasteiger charge is -2.28. The zero-order valence-corrected chi connectivity index (χ0v) is 11.6. The minimum Gasteiger partial charge on any atom is -0.379 e. The van der Waals surface area contributed by atoms with Crippen molar-refractivity contribution in [1.29, 1.82) is 0 Å². The van der Waals surface area contributed by atoms with E-state index >= 15 is 0 Å². The Bertz CT molecular complexity index is 262. The summed E-state index contributed by atoms with van der Waals surface area (Å²) in [5.41, 5.74) is 3.42. The van der Waals surface area contributed by atoms with Crippen molar-refractivity contribution in [3.05, 3.63) is 0 Å². The summed E-state index contributed by atoms with van der Waals surface area (Å²) >= 11 is 1.92. The van der Waals surface area contributed by atoms with Crippen molar-refractivity contribution in [3.63, 3.8) is 0 Å². The molecule has 1 fully saturated rings. The van der Waals surface area contributed by atoms with Crippen LogP contribution in [0.4, 0.5) is 0 Å². The lowest BCUT2D eigenvalue weighted by atomic mass is 9.99. The third-order valence-corrected chi connectivity index (χ3v) is 4.80. The molecule has 0 bridgehead atoms. The van der Waals surface area contributed by atoms with Crippen LogP contribution in [0.1, 0.15) is 26.7 Å². The predicted molar refractivity (Wildman–Crippen MR) is 73.3 cm³/mol. The summed E-state index contributed by atoms with van der Waals surface area (Å²) in [5.74, 6) is 0.799. The largest absolute Gasteiger partial charge is 0.379 e. The topological polar surface area (TPSA) is 36.9 Å². The SMILES string of the molecule is CCC(CC)C1CN=C(NN2CCOCC2)S1. The van der Waals surface area contributed by atoms with Gasteiger partial charge >= 0.3 is 0 Å². The second kappa shape index (κ2) is 6.61. The fraction of sp³-hybridized carbons (Fsp3) is 0.917. The molecule has 0 spiro atoms. The van der Waals surface area contributed by atoms with Crippen LogP contribution in [-0.4, -0.2) is 48.3 Å². The average Bonchev–Trinajstić information content (AvgIpc) is 2.81. The number of ether oxygens (including phenoxy) is 1. The van der Waals surface area contributed by atoms with E-state index in [1.54, 1.807) is 0 Å². The van der Waals surface area contributed by atoms with E-state index < -0.39 is 0 Å². The summed E-state index contributed by atoms with van der Waals surface area (Å²) in [5, 5.41) is 3.99. The number of thioether (sulfide) groups is 1. The number of morpholine rings is 1. The van der Waals surface area contributed by atoms with Crippen LogP contribution in [-0.2, 0) is 4.74 Å². The zero-order chi connectivity index (χ0) is 12.1. The van der Waals surface area contributed by atoms with Crippen LogP contribution in [0.15, 0.2) is 4.99 Å². The van der Waals surface area contributed by atoms with Crippen LogP contribution in [0.25, 0.3) is 0 Å². The van der Waals surface area contributed by atoms with Gasteiger partial charge in [0.2, 0.25) is 0 Å². The van der Waals surface area contributed by atoms with Gasteiger partial charge in [-0.1, -0.05) is 38.5 Å². The second-order valence-electron chi connectivity index (χ2n) is 4.59. The van der Waals surface area contributed by atoms with Crippen LogP contribution in [0.3, 0.4) is 0 Å². The smallest absolute Gasteiger partial charge is 0.171 e. The van der Waals surface area contributed by atoms with E-state index in [4.69, 9.17) is 4.74 Å². The molecule has 2 aliphatic rings. The molecular formula is C12H23N3OS. The molecule has 2 heterocycles. The Morgan fingerprint density at radius 3 is 2.76 bits per heavy atom. The maximum absolute atomic E-state index is 5.33. The van der Waals surface area contributed by atoms with Gasteiger partial charge < -0.3 is 4.74 Å². The van der Waals surface area contributed by atoms with Gasteiger partial charge in [0.15, 0.2) is 5.17 Å². The maximum atomic E-state index is 5.33. The molecule has 1 atom stereocenters. The van der Waals surface area contributed by atoms with Gasteiger partial charge in [-0.25, -0.2) is 5.01 Å². The number of hydrogen-bond donors (Lipinski definition) is 1. The molecule has 98 valence electrons. The summed E-state index contributed by atoms with van der Waals surface area (Å²) in [6.07, 6.45) is 2.52. The fourth-order valence-corrected chi connectivity index (χ4v) is 3.67. The Morgan fingerprint density at radius 2 is 2.12 bits per heavy atom. The monoisotopic (exact) mass is 257 g/mol. The highest BCUT2D eigenvalue weighted by Gasteiger charge is 2.26. The minimum atomic E-state index is 0.675. The van der Waals surface area contributed by atoms with Crippen molar-refractivity contribution in [1.82, 2.24) is 10.4 Å². The van der Waals surface area contributed by atoms with E-state index in [1.807, 2.05) is 11.8 Å². The van der Waals surface area contributed by atoms with Crippen molar-refractivity contribution < 1.29 is 4.74 Å². The van der Waals surface area contributed by atoms with Crippen LogP contribution < -0.4 is 5.43 Å². The average molecular weight is 257 g/mol. The molecule has 1 unspecified atom stereocenters. The van der Waals surface area contributed by atoms with Crippen LogP contribution in [0.2, 0.25) is 0 Å². The van der Waals surface area contributed by atoms with Gasteiger partial charge in [0, 0.05) is 18.3 Å². The maximum Gasteiger partial charge on any atom is 0.171 e. The van der Waals surface area contributed by atoms with E-state index in [9.17, 15) is 0 Å². The number of nitrogens with one attached hydrogen (secondary N) is 1. The van der Waals surface area contributed by atoms with Crippen LogP contribution in [0.5, 0.6) is 0 Å². The molecule has 0 amide bonds. The van der Waals surface area contributed by atoms with Crippen molar-refractivity contribution >= 4 is 16.9 Å². The highest BCUT2D eigenvalue weighted by molar-refractivity contribution is 8.14. The highest BCUT2D eigenvalue weighted by atomic mass is 32.2. The zero-order valence-electron chi connectivity index (χ0n) is 10.8. The summed E-state index contributed by atoms with van der Waals surface area (Å²) in [4.78, 5) is 4.61. The quantitative estimate of drug-likeness (QED) is 0.832. The molecular weight excluding hydrogens is 234 g/mol. The lowest BCUT2D eigenvalue weighted by Crippen LogP contribution is -2.47. The van der Waals surface area contributed by atoms with Crippen LogP contribution in [0, 0.1) is 5.92 Å². The molecule has 0 saturated carbocycles. The predicted octanol–water partition coefficient (Wildman–Crippen LogP) is 1.73. The molecule has 1 saturated heterocycles. The molecule has 17 heavy (non-hydrogen) atoms. The van der Waals surface area contributed by atoms with Gasteiger partial charge in [0.1, 0.15) is 0 Å². The third-order valence-electron chi connectivity index (χ3n) is 3.52. The standard InChI is InChI=1S/C12H23N3OS/c1-3-10(4-2)11-9-13-12(17-11)14-15-5-7-16-8-6-15/h10-11H,3-9H2,1-2H3,(H,13,14). The van der Waals surface area contributed by atoms with E-state index in [0.29, 0.717) is 5.25 Å². The van der Waals surface area contributed by atoms with Gasteiger partial charge in [-0.2, -0.15) is 0 Å². The van der Waals surface area contributed by atoms with Crippen molar-refractivity contribution in [3.8, 4) is 0 Å². The number of amidine groups is 1. The summed E-state index contributed by atoms with van der Waals surface area (Å²) in [6.45, 7) is 9.08. The van der Waals surface area contributed by atoms with E-state index in [0.717, 1.165) is 43.9 Å². The van der Waals surface area contributed by atoms with Crippen LogP contribution >= 0.6 is 11.8 Å². The Hall–Kier alpha value is -0.260. The summed E-state index contributed by atoms with van der Waals surface area (Å²) < 4.78 is 5.33. The molecule has 2 rings (SSSR count). The van der Waals surface area contributed by atoms with Gasteiger partial charge in [0.25, 0.3) is 0 Å². The first-order chi connectivity index (χ1) is 8.33.